The number of alkyl halides is 1. The first-order valence-corrected chi connectivity index (χ1v) is 6.27. The van der Waals surface area contributed by atoms with Gasteiger partial charge >= 0.3 is 0 Å². The normalized spacial score (nSPS) is 22.4. The van der Waals surface area contributed by atoms with Crippen LogP contribution in [-0.2, 0) is 11.2 Å². The topological polar surface area (TPSA) is 9.23 Å². The Bertz CT molecular complexity index is 378. The first-order valence-electron chi connectivity index (χ1n) is 5.83. The predicted octanol–water partition coefficient (Wildman–Crippen LogP) is 3.54. The summed E-state index contributed by atoms with van der Waals surface area (Å²) in [5, 5.41) is -0.202. The third kappa shape index (κ3) is 3.17. The van der Waals surface area contributed by atoms with E-state index in [9.17, 15) is 8.78 Å². The summed E-state index contributed by atoms with van der Waals surface area (Å²) >= 11 is 6.25. The summed E-state index contributed by atoms with van der Waals surface area (Å²) in [4.78, 5) is 0. The average Bonchev–Trinajstić information content (AvgIpc) is 2.36. The van der Waals surface area contributed by atoms with Crippen molar-refractivity contribution in [2.75, 3.05) is 13.2 Å². The lowest BCUT2D eigenvalue weighted by atomic mass is 9.94. The van der Waals surface area contributed by atoms with Gasteiger partial charge in [-0.1, -0.05) is 12.1 Å². The van der Waals surface area contributed by atoms with Crippen molar-refractivity contribution in [1.82, 2.24) is 0 Å². The van der Waals surface area contributed by atoms with E-state index in [4.69, 9.17) is 16.3 Å². The first kappa shape index (κ1) is 12.8. The Hall–Kier alpha value is -0.670. The number of ether oxygens (including phenoxy) is 1. The van der Waals surface area contributed by atoms with Crippen LogP contribution in [0.2, 0.25) is 0 Å². The van der Waals surface area contributed by atoms with Crippen LogP contribution in [0.5, 0.6) is 0 Å². The SMILES string of the molecule is Fc1cccc(CC(Cl)C2CCCOC2)c1F. The van der Waals surface area contributed by atoms with Crippen LogP contribution in [0.3, 0.4) is 0 Å². The second kappa shape index (κ2) is 5.78. The smallest absolute Gasteiger partial charge is 0.162 e. The second-order valence-electron chi connectivity index (χ2n) is 4.41. The molecule has 0 aromatic heterocycles. The molecule has 2 unspecified atom stereocenters. The average molecular weight is 261 g/mol. The van der Waals surface area contributed by atoms with E-state index in [1.807, 2.05) is 0 Å². The third-order valence-electron chi connectivity index (χ3n) is 3.15. The standard InChI is InChI=1S/C13H15ClF2O/c14-11(10-4-2-6-17-8-10)7-9-3-1-5-12(15)13(9)16/h1,3,5,10-11H,2,4,6-8H2. The summed E-state index contributed by atoms with van der Waals surface area (Å²) in [7, 11) is 0. The van der Waals surface area contributed by atoms with Gasteiger partial charge in [-0.2, -0.15) is 0 Å². The summed E-state index contributed by atoms with van der Waals surface area (Å²) in [6.45, 7) is 1.39. The van der Waals surface area contributed by atoms with Crippen LogP contribution in [-0.4, -0.2) is 18.6 Å². The van der Waals surface area contributed by atoms with Crippen molar-refractivity contribution in [1.29, 1.82) is 0 Å². The zero-order valence-electron chi connectivity index (χ0n) is 9.46. The number of rotatable bonds is 3. The molecule has 1 heterocycles. The van der Waals surface area contributed by atoms with Crippen molar-refractivity contribution in [3.8, 4) is 0 Å². The predicted molar refractivity (Wildman–Crippen MR) is 63.2 cm³/mol. The lowest BCUT2D eigenvalue weighted by Gasteiger charge is -2.26. The zero-order valence-corrected chi connectivity index (χ0v) is 10.2. The van der Waals surface area contributed by atoms with Crippen molar-refractivity contribution in [3.05, 3.63) is 35.4 Å². The number of benzene rings is 1. The van der Waals surface area contributed by atoms with E-state index in [-0.39, 0.29) is 11.3 Å². The molecule has 2 rings (SSSR count). The Morgan fingerprint density at radius 3 is 2.94 bits per heavy atom. The van der Waals surface area contributed by atoms with Crippen LogP contribution >= 0.6 is 11.6 Å². The molecular formula is C13H15ClF2O. The van der Waals surface area contributed by atoms with Crippen LogP contribution < -0.4 is 0 Å². The molecule has 0 spiro atoms. The van der Waals surface area contributed by atoms with E-state index in [0.717, 1.165) is 25.5 Å². The quantitative estimate of drug-likeness (QED) is 0.756. The summed E-state index contributed by atoms with van der Waals surface area (Å²) in [6.07, 6.45) is 2.32. The Kier molecular flexibility index (Phi) is 4.35. The zero-order chi connectivity index (χ0) is 12.3. The van der Waals surface area contributed by atoms with Gasteiger partial charge < -0.3 is 4.74 Å². The lowest BCUT2D eigenvalue weighted by Crippen LogP contribution is -2.27. The minimum absolute atomic E-state index is 0.202. The molecule has 17 heavy (non-hydrogen) atoms. The molecule has 1 aromatic rings. The monoisotopic (exact) mass is 260 g/mol. The molecule has 0 N–H and O–H groups in total. The molecule has 1 fully saturated rings. The molecule has 2 atom stereocenters. The summed E-state index contributed by atoms with van der Waals surface area (Å²) in [5.74, 6) is -1.37. The van der Waals surface area contributed by atoms with Crippen LogP contribution in [0.1, 0.15) is 18.4 Å². The molecule has 0 radical (unpaired) electrons. The summed E-state index contributed by atoms with van der Waals surface area (Å²) in [6, 6.07) is 4.21. The van der Waals surface area contributed by atoms with E-state index < -0.39 is 11.6 Å². The first-order chi connectivity index (χ1) is 8.18. The van der Waals surface area contributed by atoms with Crippen molar-refractivity contribution in [2.24, 2.45) is 5.92 Å². The molecule has 4 heteroatoms. The molecule has 1 saturated heterocycles. The van der Waals surface area contributed by atoms with Crippen LogP contribution in [0.4, 0.5) is 8.78 Å². The van der Waals surface area contributed by atoms with Gasteiger partial charge in [0.2, 0.25) is 0 Å². The Morgan fingerprint density at radius 1 is 1.41 bits per heavy atom. The highest BCUT2D eigenvalue weighted by Gasteiger charge is 2.24. The van der Waals surface area contributed by atoms with Gasteiger partial charge in [-0.25, -0.2) is 8.78 Å². The van der Waals surface area contributed by atoms with E-state index in [1.54, 1.807) is 6.07 Å². The number of hydrogen-bond acceptors (Lipinski definition) is 1. The molecule has 0 amide bonds. The highest BCUT2D eigenvalue weighted by molar-refractivity contribution is 6.20. The Labute approximate surface area is 105 Å². The van der Waals surface area contributed by atoms with E-state index in [2.05, 4.69) is 0 Å². The van der Waals surface area contributed by atoms with E-state index in [0.29, 0.717) is 18.6 Å². The van der Waals surface area contributed by atoms with Crippen molar-refractivity contribution in [3.63, 3.8) is 0 Å². The number of halogens is 3. The van der Waals surface area contributed by atoms with Gasteiger partial charge in [0.05, 0.1) is 6.61 Å². The highest BCUT2D eigenvalue weighted by atomic mass is 35.5. The molecule has 1 aromatic carbocycles. The van der Waals surface area contributed by atoms with Gasteiger partial charge in [0, 0.05) is 12.0 Å². The minimum Gasteiger partial charge on any atom is -0.381 e. The molecule has 1 nitrogen and oxygen atoms in total. The molecule has 1 aliphatic heterocycles. The number of hydrogen-bond donors (Lipinski definition) is 0. The summed E-state index contributed by atoms with van der Waals surface area (Å²) in [5.41, 5.74) is 0.343. The maximum Gasteiger partial charge on any atom is 0.162 e. The largest absolute Gasteiger partial charge is 0.381 e. The third-order valence-corrected chi connectivity index (χ3v) is 3.66. The molecule has 1 aliphatic rings. The summed E-state index contributed by atoms with van der Waals surface area (Å²) < 4.78 is 31.8. The molecule has 0 saturated carbocycles. The van der Waals surface area contributed by atoms with Crippen LogP contribution in [0.25, 0.3) is 0 Å². The minimum atomic E-state index is -0.814. The molecule has 0 aliphatic carbocycles. The van der Waals surface area contributed by atoms with Crippen LogP contribution in [0, 0.1) is 17.6 Å². The lowest BCUT2D eigenvalue weighted by molar-refractivity contribution is 0.0532. The Morgan fingerprint density at radius 2 is 2.24 bits per heavy atom. The maximum atomic E-state index is 13.5. The fourth-order valence-corrected chi connectivity index (χ4v) is 2.50. The maximum absolute atomic E-state index is 13.5. The van der Waals surface area contributed by atoms with Crippen molar-refractivity contribution >= 4 is 11.6 Å². The van der Waals surface area contributed by atoms with Gasteiger partial charge in [0.1, 0.15) is 0 Å². The Balaban J connectivity index is 2.01. The van der Waals surface area contributed by atoms with Crippen molar-refractivity contribution in [2.45, 2.75) is 24.6 Å². The van der Waals surface area contributed by atoms with Gasteiger partial charge in [-0.05, 0) is 36.8 Å². The van der Waals surface area contributed by atoms with E-state index in [1.165, 1.54) is 6.07 Å². The fraction of sp³-hybridized carbons (Fsp3) is 0.538. The molecule has 0 bridgehead atoms. The van der Waals surface area contributed by atoms with Gasteiger partial charge in [0.15, 0.2) is 11.6 Å². The molecular weight excluding hydrogens is 246 g/mol. The second-order valence-corrected chi connectivity index (χ2v) is 4.97. The highest BCUT2D eigenvalue weighted by Crippen LogP contribution is 2.25. The van der Waals surface area contributed by atoms with Crippen LogP contribution in [0.15, 0.2) is 18.2 Å². The van der Waals surface area contributed by atoms with Crippen molar-refractivity contribution < 1.29 is 13.5 Å². The van der Waals surface area contributed by atoms with E-state index >= 15 is 0 Å². The van der Waals surface area contributed by atoms with Gasteiger partial charge in [-0.3, -0.25) is 0 Å². The fourth-order valence-electron chi connectivity index (χ4n) is 2.13. The molecule has 94 valence electrons. The van der Waals surface area contributed by atoms with Gasteiger partial charge in [0.25, 0.3) is 0 Å². The van der Waals surface area contributed by atoms with Gasteiger partial charge in [-0.15, -0.1) is 11.6 Å².